The average molecular weight is 414 g/mol. The second-order valence-electron chi connectivity index (χ2n) is 6.90. The van der Waals surface area contributed by atoms with Gasteiger partial charge in [0, 0.05) is 16.6 Å². The molecule has 0 spiro atoms. The first kappa shape index (κ1) is 21.7. The van der Waals surface area contributed by atoms with Crippen molar-refractivity contribution in [1.82, 2.24) is 4.72 Å². The molecule has 0 aromatic heterocycles. The van der Waals surface area contributed by atoms with Crippen molar-refractivity contribution >= 4 is 21.6 Å². The van der Waals surface area contributed by atoms with Crippen LogP contribution in [0, 0.1) is 12.7 Å². The molecule has 0 bridgehead atoms. The van der Waals surface area contributed by atoms with Crippen molar-refractivity contribution in [2.24, 2.45) is 0 Å². The Morgan fingerprint density at radius 1 is 1.19 bits per heavy atom. The van der Waals surface area contributed by atoms with Gasteiger partial charge >= 0.3 is 0 Å². The van der Waals surface area contributed by atoms with Crippen LogP contribution < -0.4 is 9.46 Å². The third-order valence-electron chi connectivity index (χ3n) is 4.46. The molecule has 0 aliphatic heterocycles. The lowest BCUT2D eigenvalue weighted by Gasteiger charge is -2.21. The molecular formula is C20H25ClFNO3S. The van der Waals surface area contributed by atoms with Crippen LogP contribution in [0.3, 0.4) is 0 Å². The Balaban J connectivity index is 2.30. The Morgan fingerprint density at radius 3 is 2.41 bits per heavy atom. The van der Waals surface area contributed by atoms with E-state index < -0.39 is 27.6 Å². The minimum absolute atomic E-state index is 0.0341. The summed E-state index contributed by atoms with van der Waals surface area (Å²) in [5.41, 5.74) is 2.73. The van der Waals surface area contributed by atoms with E-state index in [-0.39, 0.29) is 16.5 Å². The fourth-order valence-corrected chi connectivity index (χ4v) is 4.78. The summed E-state index contributed by atoms with van der Waals surface area (Å²) in [6.45, 7) is 7.76. The Morgan fingerprint density at radius 2 is 1.85 bits per heavy atom. The van der Waals surface area contributed by atoms with Gasteiger partial charge in [-0.25, -0.2) is 17.5 Å². The summed E-state index contributed by atoms with van der Waals surface area (Å²) in [7, 11) is -2.18. The quantitative estimate of drug-likeness (QED) is 0.686. The number of aryl methyl sites for hydroxylation is 1. The van der Waals surface area contributed by atoms with Crippen molar-refractivity contribution < 1.29 is 17.5 Å². The van der Waals surface area contributed by atoms with E-state index in [0.29, 0.717) is 0 Å². The topological polar surface area (TPSA) is 55.4 Å². The molecule has 2 aromatic carbocycles. The van der Waals surface area contributed by atoms with Crippen LogP contribution in [0.15, 0.2) is 30.3 Å². The van der Waals surface area contributed by atoms with Gasteiger partial charge in [-0.2, -0.15) is 0 Å². The largest absolute Gasteiger partial charge is 0.496 e. The molecule has 1 atom stereocenters. The summed E-state index contributed by atoms with van der Waals surface area (Å²) >= 11 is 5.96. The average Bonchev–Trinajstić information content (AvgIpc) is 2.57. The van der Waals surface area contributed by atoms with Crippen molar-refractivity contribution in [3.05, 3.63) is 63.4 Å². The minimum atomic E-state index is -3.80. The fourth-order valence-electron chi connectivity index (χ4n) is 3.05. The highest BCUT2D eigenvalue weighted by atomic mass is 35.5. The van der Waals surface area contributed by atoms with E-state index in [0.717, 1.165) is 22.4 Å². The Bertz CT molecular complexity index is 909. The highest BCUT2D eigenvalue weighted by Gasteiger charge is 2.22. The first-order valence-corrected chi connectivity index (χ1v) is 10.7. The monoisotopic (exact) mass is 413 g/mol. The van der Waals surface area contributed by atoms with Crippen LogP contribution in [-0.4, -0.2) is 15.5 Å². The number of hydrogen-bond acceptors (Lipinski definition) is 3. The molecule has 0 heterocycles. The fraction of sp³-hybridized carbons (Fsp3) is 0.400. The first-order valence-electron chi connectivity index (χ1n) is 8.67. The summed E-state index contributed by atoms with van der Waals surface area (Å²) in [5.74, 6) is -0.155. The number of rotatable bonds is 7. The maximum absolute atomic E-state index is 13.9. The zero-order valence-corrected chi connectivity index (χ0v) is 17.7. The Hall–Kier alpha value is -1.63. The van der Waals surface area contributed by atoms with Crippen LogP contribution in [0.25, 0.3) is 0 Å². The number of methoxy groups -OCH3 is 1. The molecule has 2 aromatic rings. The molecule has 7 heteroatoms. The van der Waals surface area contributed by atoms with Gasteiger partial charge in [-0.1, -0.05) is 31.5 Å². The molecule has 27 heavy (non-hydrogen) atoms. The minimum Gasteiger partial charge on any atom is -0.496 e. The van der Waals surface area contributed by atoms with E-state index in [9.17, 15) is 12.8 Å². The summed E-state index contributed by atoms with van der Waals surface area (Å²) in [4.78, 5) is 0. The third-order valence-corrected chi connectivity index (χ3v) is 6.19. The van der Waals surface area contributed by atoms with E-state index in [1.54, 1.807) is 14.0 Å². The Kier molecular flexibility index (Phi) is 6.89. The third kappa shape index (κ3) is 5.21. The van der Waals surface area contributed by atoms with E-state index in [4.69, 9.17) is 16.3 Å². The smallest absolute Gasteiger partial charge is 0.216 e. The SMILES string of the molecule is COc1cc(C)c([C@H](C)NS(=O)(=O)Cc2c(F)cccc2Cl)cc1C(C)C. The number of hydrogen-bond donors (Lipinski definition) is 1. The zero-order chi connectivity index (χ0) is 20.4. The van der Waals surface area contributed by atoms with Gasteiger partial charge in [0.15, 0.2) is 0 Å². The van der Waals surface area contributed by atoms with Crippen LogP contribution in [-0.2, 0) is 15.8 Å². The number of nitrogens with one attached hydrogen (secondary N) is 1. The predicted octanol–water partition coefficient (Wildman–Crippen LogP) is 5.10. The van der Waals surface area contributed by atoms with Crippen LogP contribution in [0.1, 0.15) is 55.0 Å². The summed E-state index contributed by atoms with van der Waals surface area (Å²) in [6, 6.07) is 7.50. The van der Waals surface area contributed by atoms with Gasteiger partial charge < -0.3 is 4.74 Å². The second-order valence-corrected chi connectivity index (χ2v) is 9.07. The lowest BCUT2D eigenvalue weighted by atomic mass is 9.94. The van der Waals surface area contributed by atoms with Gasteiger partial charge in [0.2, 0.25) is 10.0 Å². The van der Waals surface area contributed by atoms with E-state index in [2.05, 4.69) is 4.72 Å². The molecule has 2 rings (SSSR count). The van der Waals surface area contributed by atoms with Crippen LogP contribution >= 0.6 is 11.6 Å². The molecule has 0 saturated carbocycles. The lowest BCUT2D eigenvalue weighted by molar-refractivity contribution is 0.406. The van der Waals surface area contributed by atoms with Crippen molar-refractivity contribution in [2.75, 3.05) is 7.11 Å². The summed E-state index contributed by atoms with van der Waals surface area (Å²) in [6.07, 6.45) is 0. The van der Waals surface area contributed by atoms with Gasteiger partial charge in [0.25, 0.3) is 0 Å². The standard InChI is InChI=1S/C20H25ClFNO3S/c1-12(2)15-10-16(13(3)9-20(15)26-5)14(4)23-27(24,25)11-17-18(21)7-6-8-19(17)22/h6-10,12,14,23H,11H2,1-5H3/t14-/m0/s1. The molecule has 0 aliphatic carbocycles. The Labute approximate surface area is 165 Å². The highest BCUT2D eigenvalue weighted by Crippen LogP contribution is 2.32. The maximum Gasteiger partial charge on any atom is 0.216 e. The predicted molar refractivity (Wildman–Crippen MR) is 107 cm³/mol. The molecule has 0 fully saturated rings. The highest BCUT2D eigenvalue weighted by molar-refractivity contribution is 7.88. The van der Waals surface area contributed by atoms with Gasteiger partial charge in [-0.05, 0) is 60.7 Å². The molecule has 0 saturated heterocycles. The summed E-state index contributed by atoms with van der Waals surface area (Å²) in [5, 5.41) is 0.0933. The number of benzene rings is 2. The van der Waals surface area contributed by atoms with Gasteiger partial charge in [-0.15, -0.1) is 0 Å². The van der Waals surface area contributed by atoms with Crippen LogP contribution in [0.2, 0.25) is 5.02 Å². The molecule has 0 unspecified atom stereocenters. The van der Waals surface area contributed by atoms with E-state index in [1.807, 2.05) is 32.9 Å². The molecular weight excluding hydrogens is 389 g/mol. The van der Waals surface area contributed by atoms with Crippen molar-refractivity contribution in [3.8, 4) is 5.75 Å². The number of sulfonamides is 1. The first-order chi connectivity index (χ1) is 12.6. The van der Waals surface area contributed by atoms with E-state index >= 15 is 0 Å². The van der Waals surface area contributed by atoms with Gasteiger partial charge in [-0.3, -0.25) is 0 Å². The molecule has 1 N–H and O–H groups in total. The molecule has 0 radical (unpaired) electrons. The van der Waals surface area contributed by atoms with E-state index in [1.165, 1.54) is 18.2 Å². The van der Waals surface area contributed by atoms with Crippen LogP contribution in [0.5, 0.6) is 5.75 Å². The van der Waals surface area contributed by atoms with Crippen molar-refractivity contribution in [2.45, 2.75) is 45.4 Å². The van der Waals surface area contributed by atoms with Crippen LogP contribution in [0.4, 0.5) is 4.39 Å². The second kappa shape index (κ2) is 8.59. The zero-order valence-electron chi connectivity index (χ0n) is 16.1. The van der Waals surface area contributed by atoms with Crippen molar-refractivity contribution in [1.29, 1.82) is 0 Å². The van der Waals surface area contributed by atoms with Gasteiger partial charge in [0.1, 0.15) is 11.6 Å². The normalized spacial score (nSPS) is 13.0. The van der Waals surface area contributed by atoms with Gasteiger partial charge in [0.05, 0.1) is 12.9 Å². The number of halogens is 2. The number of ether oxygens (including phenoxy) is 1. The summed E-state index contributed by atoms with van der Waals surface area (Å²) < 4.78 is 47.2. The molecule has 0 aliphatic rings. The maximum atomic E-state index is 13.9. The molecule has 4 nitrogen and oxygen atoms in total. The molecule has 0 amide bonds. The van der Waals surface area contributed by atoms with Crippen molar-refractivity contribution in [3.63, 3.8) is 0 Å². The molecule has 148 valence electrons. The lowest BCUT2D eigenvalue weighted by Crippen LogP contribution is -2.29.